The Morgan fingerprint density at radius 2 is 1.19 bits per heavy atom. The molecule has 1 aliphatic rings. The van der Waals surface area contributed by atoms with Gasteiger partial charge in [-0.1, -0.05) is 54.5 Å². The van der Waals surface area contributed by atoms with Gasteiger partial charge < -0.3 is 43.2 Å². The van der Waals surface area contributed by atoms with Crippen LogP contribution in [-0.2, 0) is 47.5 Å². The number of benzene rings is 2. The second-order valence-corrected chi connectivity index (χ2v) is 13.1. The number of hydrogen-bond donors (Lipinski definition) is 1. The van der Waals surface area contributed by atoms with Crippen LogP contribution in [0.5, 0.6) is 0 Å². The highest BCUT2D eigenvalue weighted by Crippen LogP contribution is 2.44. The zero-order chi connectivity index (χ0) is 37.4. The minimum absolute atomic E-state index is 0.0397. The molecule has 0 fully saturated rings. The summed E-state index contributed by atoms with van der Waals surface area (Å²) in [5.74, 6) is 1.62. The molecule has 12 heteroatoms. The van der Waals surface area contributed by atoms with E-state index < -0.39 is 23.7 Å². The Morgan fingerprint density at radius 1 is 0.712 bits per heavy atom. The summed E-state index contributed by atoms with van der Waals surface area (Å²) >= 11 is 0. The van der Waals surface area contributed by atoms with Gasteiger partial charge in [0.15, 0.2) is 0 Å². The highest BCUT2D eigenvalue weighted by atomic mass is 16.6. The fourth-order valence-corrected chi connectivity index (χ4v) is 5.44. The summed E-state index contributed by atoms with van der Waals surface area (Å²) in [4.78, 5) is 38.6. The van der Waals surface area contributed by atoms with E-state index in [1.807, 2.05) is 36.4 Å². The van der Waals surface area contributed by atoms with E-state index in [-0.39, 0.29) is 44.2 Å². The van der Waals surface area contributed by atoms with E-state index in [9.17, 15) is 14.4 Å². The van der Waals surface area contributed by atoms with Crippen LogP contribution in [-0.4, -0.2) is 115 Å². The summed E-state index contributed by atoms with van der Waals surface area (Å²) in [6.07, 6.45) is 5.37. The van der Waals surface area contributed by atoms with Crippen molar-refractivity contribution in [3.8, 4) is 23.5 Å². The fraction of sp³-hybridized carbons (Fsp3) is 0.575. The summed E-state index contributed by atoms with van der Waals surface area (Å²) in [5, 5.41) is 2.64. The lowest BCUT2D eigenvalue weighted by Gasteiger charge is -2.24. The van der Waals surface area contributed by atoms with Gasteiger partial charge in [0.1, 0.15) is 30.6 Å². The number of alkyl carbamates (subject to hydrolysis) is 1. The fourth-order valence-electron chi connectivity index (χ4n) is 5.44. The van der Waals surface area contributed by atoms with E-state index in [0.717, 1.165) is 22.3 Å². The van der Waals surface area contributed by atoms with Crippen molar-refractivity contribution < 1.29 is 52.3 Å². The molecule has 0 bridgehead atoms. The Morgan fingerprint density at radius 3 is 1.69 bits per heavy atom. The maximum absolute atomic E-state index is 13.0. The van der Waals surface area contributed by atoms with Crippen molar-refractivity contribution in [3.05, 3.63) is 59.7 Å². The number of hydrogen-bond acceptors (Lipinski definition) is 11. The first-order chi connectivity index (χ1) is 25.2. The summed E-state index contributed by atoms with van der Waals surface area (Å²) < 4.78 is 43.6. The molecule has 52 heavy (non-hydrogen) atoms. The van der Waals surface area contributed by atoms with Crippen molar-refractivity contribution in [3.63, 3.8) is 0 Å². The van der Waals surface area contributed by atoms with E-state index in [1.165, 1.54) is 0 Å². The molecule has 0 aromatic heterocycles. The molecular formula is C40H55NO11. The number of fused-ring (bicyclic) bond motifs is 3. The first kappa shape index (κ1) is 42.6. The van der Waals surface area contributed by atoms with Gasteiger partial charge in [0, 0.05) is 25.4 Å². The molecule has 3 rings (SSSR count). The van der Waals surface area contributed by atoms with E-state index >= 15 is 0 Å². The lowest BCUT2D eigenvalue weighted by atomic mass is 9.98. The second kappa shape index (κ2) is 24.4. The quantitative estimate of drug-likeness (QED) is 0.0749. The van der Waals surface area contributed by atoms with E-state index in [0.29, 0.717) is 79.1 Å². The maximum Gasteiger partial charge on any atom is 0.407 e. The maximum atomic E-state index is 13.0. The van der Waals surface area contributed by atoms with Crippen LogP contribution in [0.2, 0.25) is 0 Å². The Hall–Kier alpha value is -3.83. The zero-order valence-electron chi connectivity index (χ0n) is 30.9. The van der Waals surface area contributed by atoms with Crippen molar-refractivity contribution in [2.75, 3.05) is 85.9 Å². The Labute approximate surface area is 308 Å². The monoisotopic (exact) mass is 725 g/mol. The molecule has 0 saturated heterocycles. The van der Waals surface area contributed by atoms with Crippen LogP contribution < -0.4 is 5.32 Å². The number of ether oxygens (including phenoxy) is 8. The van der Waals surface area contributed by atoms with Crippen LogP contribution >= 0.6 is 0 Å². The van der Waals surface area contributed by atoms with Crippen LogP contribution in [0.25, 0.3) is 11.1 Å². The van der Waals surface area contributed by atoms with Gasteiger partial charge in [0.2, 0.25) is 0 Å². The van der Waals surface area contributed by atoms with Gasteiger partial charge in [-0.2, -0.15) is 0 Å². The van der Waals surface area contributed by atoms with Gasteiger partial charge in [-0.25, -0.2) is 9.59 Å². The number of terminal acetylenes is 1. The van der Waals surface area contributed by atoms with Crippen molar-refractivity contribution in [1.29, 1.82) is 0 Å². The van der Waals surface area contributed by atoms with Crippen molar-refractivity contribution in [2.24, 2.45) is 0 Å². The van der Waals surface area contributed by atoms with Gasteiger partial charge in [-0.15, -0.1) is 6.42 Å². The lowest BCUT2D eigenvalue weighted by molar-refractivity contribution is -0.157. The third-order valence-electron chi connectivity index (χ3n) is 7.83. The average Bonchev–Trinajstić information content (AvgIpc) is 3.44. The molecule has 1 N–H and O–H groups in total. The number of esters is 1. The summed E-state index contributed by atoms with van der Waals surface area (Å²) in [6.45, 7) is 10.6. The number of nitrogens with one attached hydrogen (secondary N) is 1. The van der Waals surface area contributed by atoms with Crippen LogP contribution in [0.1, 0.15) is 63.5 Å². The molecule has 2 aromatic carbocycles. The molecule has 0 unspecified atom stereocenters. The van der Waals surface area contributed by atoms with Crippen LogP contribution in [0.4, 0.5) is 4.79 Å². The van der Waals surface area contributed by atoms with E-state index in [2.05, 4.69) is 23.4 Å². The lowest BCUT2D eigenvalue weighted by Crippen LogP contribution is -2.44. The summed E-state index contributed by atoms with van der Waals surface area (Å²) in [7, 11) is 0. The minimum Gasteiger partial charge on any atom is -0.458 e. The first-order valence-corrected chi connectivity index (χ1v) is 18.0. The minimum atomic E-state index is -1.03. The Bertz CT molecular complexity index is 1350. The number of carbonyl (C=O) groups excluding carboxylic acids is 3. The average molecular weight is 726 g/mol. The molecule has 12 nitrogen and oxygen atoms in total. The predicted molar refractivity (Wildman–Crippen MR) is 195 cm³/mol. The molecule has 0 saturated carbocycles. The van der Waals surface area contributed by atoms with Gasteiger partial charge in [-0.3, -0.25) is 4.79 Å². The normalized spacial score (nSPS) is 12.8. The molecule has 286 valence electrons. The third kappa shape index (κ3) is 16.7. The SMILES string of the molecule is C#CCOCCOCCOCCOCCOCCOCCCC(=O)CC[C@@H](NC(=O)OCC1c2ccccc2-c2ccccc21)C(=O)OC(C)(C)C. The van der Waals surface area contributed by atoms with Crippen LogP contribution in [0.3, 0.4) is 0 Å². The van der Waals surface area contributed by atoms with Crippen molar-refractivity contribution in [1.82, 2.24) is 5.32 Å². The zero-order valence-corrected chi connectivity index (χ0v) is 30.9. The first-order valence-electron chi connectivity index (χ1n) is 18.0. The molecule has 0 aliphatic heterocycles. The van der Waals surface area contributed by atoms with Crippen molar-refractivity contribution >= 4 is 17.8 Å². The topological polar surface area (TPSA) is 137 Å². The molecule has 1 aliphatic carbocycles. The molecule has 1 atom stereocenters. The van der Waals surface area contributed by atoms with E-state index in [4.69, 9.17) is 44.3 Å². The van der Waals surface area contributed by atoms with E-state index in [1.54, 1.807) is 20.8 Å². The summed E-state index contributed by atoms with van der Waals surface area (Å²) in [6, 6.07) is 15.1. The number of ketones is 1. The smallest absolute Gasteiger partial charge is 0.407 e. The molecule has 2 aromatic rings. The third-order valence-corrected chi connectivity index (χ3v) is 7.83. The molecule has 0 heterocycles. The standard InChI is InChI=1S/C40H55NO11/c1-5-18-45-20-22-47-24-26-49-28-29-50-27-25-48-23-21-46-19-10-11-31(42)16-17-37(38(43)52-40(2,3)4)41-39(44)51-30-36-34-14-8-6-12-32(34)33-13-7-9-15-35(33)36/h1,6-9,12-15,36-37H,10-11,16-30H2,2-4H3,(H,41,44)/t37-/m1/s1. The van der Waals surface area contributed by atoms with Gasteiger partial charge in [0.25, 0.3) is 0 Å². The second-order valence-electron chi connectivity index (χ2n) is 13.1. The van der Waals surface area contributed by atoms with Gasteiger partial charge in [-0.05, 0) is 55.9 Å². The molecule has 0 radical (unpaired) electrons. The largest absolute Gasteiger partial charge is 0.458 e. The number of rotatable bonds is 27. The number of carbonyl (C=O) groups is 3. The highest BCUT2D eigenvalue weighted by molar-refractivity contribution is 5.84. The predicted octanol–water partition coefficient (Wildman–Crippen LogP) is 5.10. The van der Waals surface area contributed by atoms with Crippen molar-refractivity contribution in [2.45, 2.75) is 64.0 Å². The van der Waals surface area contributed by atoms with Gasteiger partial charge in [0.05, 0.1) is 66.1 Å². The molecule has 1 amide bonds. The van der Waals surface area contributed by atoms with Crippen LogP contribution in [0.15, 0.2) is 48.5 Å². The van der Waals surface area contributed by atoms with Crippen LogP contribution in [0, 0.1) is 12.3 Å². The molecule has 0 spiro atoms. The Balaban J connectivity index is 1.24. The number of amides is 1. The van der Waals surface area contributed by atoms with Gasteiger partial charge >= 0.3 is 12.1 Å². The molecular weight excluding hydrogens is 670 g/mol. The summed E-state index contributed by atoms with van der Waals surface area (Å²) in [5.41, 5.74) is 3.65. The highest BCUT2D eigenvalue weighted by Gasteiger charge is 2.31. The number of Topliss-reactive ketones (excluding diaryl/α,β-unsaturated/α-hetero) is 1. The Kier molecular flexibility index (Phi) is 20.0.